The largest absolute Gasteiger partial charge is 0.504 e. The number of aliphatic hydroxyl groups excluding tert-OH is 2. The molecule has 5 heteroatoms. The number of phenols is 1. The summed E-state index contributed by atoms with van der Waals surface area (Å²) in [7, 11) is 0. The van der Waals surface area contributed by atoms with Crippen LogP contribution in [0.25, 0.3) is 0 Å². The Hall–Kier alpha value is -1.46. The lowest BCUT2D eigenvalue weighted by Crippen LogP contribution is -2.00. The highest BCUT2D eigenvalue weighted by molar-refractivity contribution is 5.50. The van der Waals surface area contributed by atoms with E-state index in [0.29, 0.717) is 0 Å². The topological polar surface area (TPSA) is 79.2 Å². The molecule has 0 unspecified atom stereocenters. The zero-order valence-corrected chi connectivity index (χ0v) is 6.80. The number of hydrogen-bond acceptors (Lipinski definition) is 5. The van der Waals surface area contributed by atoms with Crippen molar-refractivity contribution in [1.29, 1.82) is 0 Å². The molecular formula is C8H10O5. The van der Waals surface area contributed by atoms with Gasteiger partial charge in [0.1, 0.15) is 0 Å². The quantitative estimate of drug-likeness (QED) is 0.579. The van der Waals surface area contributed by atoms with Crippen LogP contribution in [-0.4, -0.2) is 28.9 Å². The van der Waals surface area contributed by atoms with Crippen molar-refractivity contribution in [2.24, 2.45) is 0 Å². The molecule has 1 aromatic rings. The van der Waals surface area contributed by atoms with Crippen LogP contribution in [0.2, 0.25) is 0 Å². The lowest BCUT2D eigenvalue weighted by atomic mass is 10.3. The fraction of sp³-hybridized carbons (Fsp3) is 0.250. The van der Waals surface area contributed by atoms with E-state index < -0.39 is 13.6 Å². The van der Waals surface area contributed by atoms with Gasteiger partial charge in [0.05, 0.1) is 0 Å². The second-order valence-electron chi connectivity index (χ2n) is 2.15. The van der Waals surface area contributed by atoms with Gasteiger partial charge in [-0.05, 0) is 12.1 Å². The van der Waals surface area contributed by atoms with Crippen molar-refractivity contribution in [3.8, 4) is 17.2 Å². The smallest absolute Gasteiger partial charge is 0.206 e. The second-order valence-corrected chi connectivity index (χ2v) is 2.15. The SMILES string of the molecule is OCOc1cccc(O)c1OCO. The van der Waals surface area contributed by atoms with Gasteiger partial charge >= 0.3 is 0 Å². The first-order chi connectivity index (χ1) is 6.29. The van der Waals surface area contributed by atoms with E-state index in [2.05, 4.69) is 4.74 Å². The fourth-order valence-electron chi connectivity index (χ4n) is 0.897. The molecule has 72 valence electrons. The maximum Gasteiger partial charge on any atom is 0.206 e. The normalized spacial score (nSPS) is 9.69. The minimum atomic E-state index is -0.570. The fourth-order valence-corrected chi connectivity index (χ4v) is 0.897. The van der Waals surface area contributed by atoms with E-state index in [1.54, 1.807) is 0 Å². The van der Waals surface area contributed by atoms with Crippen LogP contribution in [0.15, 0.2) is 18.2 Å². The van der Waals surface area contributed by atoms with Gasteiger partial charge < -0.3 is 24.8 Å². The Morgan fingerprint density at radius 3 is 2.38 bits per heavy atom. The third-order valence-electron chi connectivity index (χ3n) is 1.39. The van der Waals surface area contributed by atoms with Crippen LogP contribution in [0.3, 0.4) is 0 Å². The molecule has 0 amide bonds. The Balaban J connectivity index is 2.95. The predicted octanol–water partition coefficient (Wildman–Crippen LogP) is 0.0494. The molecule has 3 N–H and O–H groups in total. The Morgan fingerprint density at radius 2 is 1.77 bits per heavy atom. The van der Waals surface area contributed by atoms with Gasteiger partial charge in [0.25, 0.3) is 0 Å². The Kier molecular flexibility index (Phi) is 3.36. The van der Waals surface area contributed by atoms with E-state index in [-0.39, 0.29) is 17.2 Å². The maximum atomic E-state index is 9.25. The van der Waals surface area contributed by atoms with Crippen LogP contribution in [0.5, 0.6) is 17.2 Å². The first-order valence-electron chi connectivity index (χ1n) is 3.59. The molecule has 0 saturated carbocycles. The summed E-state index contributed by atoms with van der Waals surface area (Å²) in [6.07, 6.45) is 0. The van der Waals surface area contributed by atoms with Gasteiger partial charge in [-0.1, -0.05) is 6.07 Å². The van der Waals surface area contributed by atoms with Crippen LogP contribution in [-0.2, 0) is 0 Å². The summed E-state index contributed by atoms with van der Waals surface area (Å²) < 4.78 is 9.42. The van der Waals surface area contributed by atoms with Gasteiger partial charge in [-0.15, -0.1) is 0 Å². The van der Waals surface area contributed by atoms with Crippen molar-refractivity contribution >= 4 is 0 Å². The first-order valence-corrected chi connectivity index (χ1v) is 3.59. The van der Waals surface area contributed by atoms with Crippen molar-refractivity contribution < 1.29 is 24.8 Å². The lowest BCUT2D eigenvalue weighted by Gasteiger charge is -2.10. The van der Waals surface area contributed by atoms with Gasteiger partial charge in [-0.3, -0.25) is 0 Å². The summed E-state index contributed by atoms with van der Waals surface area (Å²) in [4.78, 5) is 0. The minimum absolute atomic E-state index is 0.0130. The van der Waals surface area contributed by atoms with Crippen LogP contribution < -0.4 is 9.47 Å². The van der Waals surface area contributed by atoms with Crippen LogP contribution in [0.4, 0.5) is 0 Å². The molecule has 0 heterocycles. The molecule has 0 spiro atoms. The number of phenolic OH excluding ortho intramolecular Hbond substituents is 1. The summed E-state index contributed by atoms with van der Waals surface area (Å²) >= 11 is 0. The Labute approximate surface area is 74.8 Å². The highest BCUT2D eigenvalue weighted by Gasteiger charge is 2.09. The molecule has 0 aliphatic rings. The monoisotopic (exact) mass is 186 g/mol. The molecule has 0 fully saturated rings. The summed E-state index contributed by atoms with van der Waals surface area (Å²) in [6, 6.07) is 4.42. The molecule has 0 saturated heterocycles. The number of ether oxygens (including phenoxy) is 2. The second kappa shape index (κ2) is 4.54. The van der Waals surface area contributed by atoms with Crippen LogP contribution in [0.1, 0.15) is 0 Å². The zero-order chi connectivity index (χ0) is 9.68. The number of rotatable bonds is 4. The Morgan fingerprint density at radius 1 is 1.08 bits per heavy atom. The number of para-hydroxylation sites is 1. The minimum Gasteiger partial charge on any atom is -0.504 e. The van der Waals surface area contributed by atoms with Crippen LogP contribution >= 0.6 is 0 Å². The maximum absolute atomic E-state index is 9.25. The van der Waals surface area contributed by atoms with Crippen molar-refractivity contribution in [2.45, 2.75) is 0 Å². The van der Waals surface area contributed by atoms with Gasteiger partial charge in [-0.2, -0.15) is 0 Å². The molecule has 13 heavy (non-hydrogen) atoms. The number of benzene rings is 1. The molecule has 0 radical (unpaired) electrons. The molecular weight excluding hydrogens is 176 g/mol. The highest BCUT2D eigenvalue weighted by Crippen LogP contribution is 2.35. The molecule has 0 atom stereocenters. The van der Waals surface area contributed by atoms with Gasteiger partial charge in [-0.25, -0.2) is 0 Å². The van der Waals surface area contributed by atoms with E-state index in [9.17, 15) is 5.11 Å². The van der Waals surface area contributed by atoms with Crippen molar-refractivity contribution in [1.82, 2.24) is 0 Å². The van der Waals surface area contributed by atoms with E-state index >= 15 is 0 Å². The van der Waals surface area contributed by atoms with Crippen molar-refractivity contribution in [2.75, 3.05) is 13.6 Å². The van der Waals surface area contributed by atoms with E-state index in [1.807, 2.05) is 0 Å². The molecule has 0 bridgehead atoms. The number of aromatic hydroxyl groups is 1. The molecule has 0 aliphatic carbocycles. The summed E-state index contributed by atoms with van der Waals surface area (Å²) in [5.41, 5.74) is 0. The van der Waals surface area contributed by atoms with Gasteiger partial charge in [0.15, 0.2) is 25.1 Å². The summed E-state index contributed by atoms with van der Waals surface area (Å²) in [6.45, 7) is -1.09. The molecule has 0 aromatic heterocycles. The zero-order valence-electron chi connectivity index (χ0n) is 6.80. The summed E-state index contributed by atoms with van der Waals surface area (Å²) in [5.74, 6) is 0.0376. The van der Waals surface area contributed by atoms with E-state index in [1.165, 1.54) is 18.2 Å². The third kappa shape index (κ3) is 2.24. The third-order valence-corrected chi connectivity index (χ3v) is 1.39. The summed E-state index contributed by atoms with van der Waals surface area (Å²) in [5, 5.41) is 26.2. The first kappa shape index (κ1) is 9.63. The molecule has 1 aromatic carbocycles. The molecule has 0 aliphatic heterocycles. The van der Waals surface area contributed by atoms with E-state index in [0.717, 1.165) is 0 Å². The molecule has 1 rings (SSSR count). The van der Waals surface area contributed by atoms with Crippen molar-refractivity contribution in [3.05, 3.63) is 18.2 Å². The molecule has 5 nitrogen and oxygen atoms in total. The van der Waals surface area contributed by atoms with Gasteiger partial charge in [0, 0.05) is 0 Å². The number of aliphatic hydroxyl groups is 2. The predicted molar refractivity (Wildman–Crippen MR) is 43.5 cm³/mol. The van der Waals surface area contributed by atoms with Crippen molar-refractivity contribution in [3.63, 3.8) is 0 Å². The average Bonchev–Trinajstić information content (AvgIpc) is 2.11. The standard InChI is InChI=1S/C8H10O5/c9-4-12-7-3-1-2-6(11)8(7)13-5-10/h1-3,9-11H,4-5H2. The van der Waals surface area contributed by atoms with Crippen LogP contribution in [0, 0.1) is 0 Å². The average molecular weight is 186 g/mol. The highest BCUT2D eigenvalue weighted by atomic mass is 16.6. The number of hydrogen-bond donors (Lipinski definition) is 3. The Bertz CT molecular complexity index is 273. The van der Waals surface area contributed by atoms with E-state index in [4.69, 9.17) is 14.9 Å². The lowest BCUT2D eigenvalue weighted by molar-refractivity contribution is 0.0722. The van der Waals surface area contributed by atoms with Gasteiger partial charge in [0.2, 0.25) is 5.75 Å².